The smallest absolute Gasteiger partial charge is 0.192 e. The summed E-state index contributed by atoms with van der Waals surface area (Å²) in [5, 5.41) is 11.2. The summed E-state index contributed by atoms with van der Waals surface area (Å²) in [6, 6.07) is 2.08. The van der Waals surface area contributed by atoms with E-state index in [4.69, 9.17) is 5.41 Å². The number of piperidine rings is 1. The SMILES string of the molecule is C[N+]1(C=N)C=C(C2CCNCC2)c2ncc(Br)cc21. The fourth-order valence-corrected chi connectivity index (χ4v) is 3.30. The first-order valence-corrected chi connectivity index (χ1v) is 7.41. The summed E-state index contributed by atoms with van der Waals surface area (Å²) in [6.07, 6.45) is 7.82. The molecular weight excluding hydrogens is 304 g/mol. The van der Waals surface area contributed by atoms with Crippen LogP contribution in [0.3, 0.4) is 0 Å². The van der Waals surface area contributed by atoms with Crippen molar-refractivity contribution in [3.8, 4) is 0 Å². The van der Waals surface area contributed by atoms with Gasteiger partial charge in [0.2, 0.25) is 0 Å². The molecule has 3 heterocycles. The molecular formula is C14H18BrN4+. The minimum absolute atomic E-state index is 0.418. The van der Waals surface area contributed by atoms with E-state index in [1.165, 1.54) is 11.9 Å². The third kappa shape index (κ3) is 2.16. The Hall–Kier alpha value is -1.04. The van der Waals surface area contributed by atoms with E-state index in [0.29, 0.717) is 10.4 Å². The van der Waals surface area contributed by atoms with Crippen molar-refractivity contribution in [2.24, 2.45) is 5.92 Å². The fraction of sp³-hybridized carbons (Fsp3) is 0.429. The van der Waals surface area contributed by atoms with Gasteiger partial charge < -0.3 is 5.32 Å². The molecule has 0 radical (unpaired) electrons. The highest BCUT2D eigenvalue weighted by atomic mass is 79.9. The van der Waals surface area contributed by atoms with Crippen LogP contribution in [0.15, 0.2) is 22.9 Å². The van der Waals surface area contributed by atoms with Crippen LogP contribution in [0.2, 0.25) is 0 Å². The van der Waals surface area contributed by atoms with Crippen molar-refractivity contribution in [2.45, 2.75) is 12.8 Å². The van der Waals surface area contributed by atoms with Crippen LogP contribution in [-0.2, 0) is 0 Å². The van der Waals surface area contributed by atoms with Crippen LogP contribution in [0.5, 0.6) is 0 Å². The number of nitrogens with zero attached hydrogens (tertiary/aromatic N) is 2. The molecule has 1 saturated heterocycles. The second kappa shape index (κ2) is 4.81. The van der Waals surface area contributed by atoms with E-state index in [1.54, 1.807) is 0 Å². The third-order valence-electron chi connectivity index (χ3n) is 4.08. The van der Waals surface area contributed by atoms with Crippen LogP contribution in [0.1, 0.15) is 18.5 Å². The number of aromatic nitrogens is 1. The van der Waals surface area contributed by atoms with Gasteiger partial charge in [-0.3, -0.25) is 5.41 Å². The standard InChI is InChI=1S/C14H18BrN4/c1-19(9-16)8-12(10-2-4-17-5-3-10)14-13(19)6-11(15)7-18-14/h6-10,16-17H,2-5H2,1H3/q+1. The first-order valence-electron chi connectivity index (χ1n) is 6.61. The summed E-state index contributed by atoms with van der Waals surface area (Å²) in [5.74, 6) is 0.563. The number of fused-ring (bicyclic) bond motifs is 1. The number of quaternary nitrogens is 1. The monoisotopic (exact) mass is 321 g/mol. The van der Waals surface area contributed by atoms with E-state index in [-0.39, 0.29) is 0 Å². The number of allylic oxidation sites excluding steroid dienone is 1. The van der Waals surface area contributed by atoms with Crippen molar-refractivity contribution in [3.63, 3.8) is 0 Å². The Balaban J connectivity index is 2.07. The van der Waals surface area contributed by atoms with E-state index >= 15 is 0 Å². The Labute approximate surface area is 121 Å². The predicted octanol–water partition coefficient (Wildman–Crippen LogP) is 2.74. The Morgan fingerprint density at radius 1 is 1.47 bits per heavy atom. The van der Waals surface area contributed by atoms with E-state index in [2.05, 4.69) is 38.5 Å². The van der Waals surface area contributed by atoms with Gasteiger partial charge in [0, 0.05) is 22.3 Å². The molecule has 2 aliphatic rings. The predicted molar refractivity (Wildman–Crippen MR) is 82.0 cm³/mol. The molecule has 0 amide bonds. The Morgan fingerprint density at radius 3 is 2.89 bits per heavy atom. The first kappa shape index (κ1) is 13.0. The highest BCUT2D eigenvalue weighted by molar-refractivity contribution is 9.10. The van der Waals surface area contributed by atoms with Gasteiger partial charge in [-0.15, -0.1) is 0 Å². The number of pyridine rings is 1. The van der Waals surface area contributed by atoms with Crippen molar-refractivity contribution in [1.82, 2.24) is 14.8 Å². The molecule has 0 bridgehead atoms. The average molecular weight is 322 g/mol. The molecule has 2 aliphatic heterocycles. The maximum absolute atomic E-state index is 7.75. The van der Waals surface area contributed by atoms with Gasteiger partial charge in [0.05, 0.1) is 7.05 Å². The van der Waals surface area contributed by atoms with Gasteiger partial charge in [0.15, 0.2) is 12.0 Å². The summed E-state index contributed by atoms with van der Waals surface area (Å²) < 4.78 is 1.39. The molecule has 1 aromatic rings. The number of rotatable bonds is 2. The third-order valence-corrected chi connectivity index (χ3v) is 4.51. The lowest BCUT2D eigenvalue weighted by Gasteiger charge is -2.22. The maximum atomic E-state index is 7.75. The number of nitrogens with one attached hydrogen (secondary N) is 2. The van der Waals surface area contributed by atoms with E-state index in [1.807, 2.05) is 13.2 Å². The molecule has 1 fully saturated rings. The van der Waals surface area contributed by atoms with Gasteiger partial charge in [-0.25, -0.2) is 9.47 Å². The lowest BCUT2D eigenvalue weighted by molar-refractivity contribution is 0.445. The molecule has 1 atom stereocenters. The lowest BCUT2D eigenvalue weighted by atomic mass is 9.89. The number of hydrogen-bond donors (Lipinski definition) is 2. The van der Waals surface area contributed by atoms with Crippen LogP contribution in [0, 0.1) is 11.3 Å². The second-order valence-electron chi connectivity index (χ2n) is 5.41. The summed E-state index contributed by atoms with van der Waals surface area (Å²) >= 11 is 3.48. The van der Waals surface area contributed by atoms with Crippen LogP contribution >= 0.6 is 15.9 Å². The van der Waals surface area contributed by atoms with Crippen molar-refractivity contribution < 1.29 is 0 Å². The molecule has 5 heteroatoms. The molecule has 1 unspecified atom stereocenters. The van der Waals surface area contributed by atoms with Crippen molar-refractivity contribution in [2.75, 3.05) is 20.1 Å². The molecule has 1 aromatic heterocycles. The van der Waals surface area contributed by atoms with E-state index < -0.39 is 0 Å². The van der Waals surface area contributed by atoms with E-state index in [9.17, 15) is 0 Å². The highest BCUT2D eigenvalue weighted by Crippen LogP contribution is 2.43. The van der Waals surface area contributed by atoms with Crippen molar-refractivity contribution in [1.29, 1.82) is 5.41 Å². The summed E-state index contributed by atoms with van der Waals surface area (Å²) in [7, 11) is 2.04. The van der Waals surface area contributed by atoms with Gasteiger partial charge in [-0.05, 0) is 47.8 Å². The minimum Gasteiger partial charge on any atom is -0.317 e. The minimum atomic E-state index is 0.418. The molecule has 0 aliphatic carbocycles. The fourth-order valence-electron chi connectivity index (χ4n) is 2.98. The quantitative estimate of drug-likeness (QED) is 0.500. The van der Waals surface area contributed by atoms with Crippen molar-refractivity contribution in [3.05, 3.63) is 28.6 Å². The normalized spacial score (nSPS) is 26.9. The number of hydrogen-bond acceptors (Lipinski definition) is 3. The van der Waals surface area contributed by atoms with Gasteiger partial charge in [0.25, 0.3) is 0 Å². The van der Waals surface area contributed by atoms with Gasteiger partial charge >= 0.3 is 0 Å². The van der Waals surface area contributed by atoms with Crippen LogP contribution in [0.4, 0.5) is 5.69 Å². The Kier molecular flexibility index (Phi) is 3.28. The molecule has 3 rings (SSSR count). The number of halogens is 1. The molecule has 19 heavy (non-hydrogen) atoms. The molecule has 2 N–H and O–H groups in total. The largest absolute Gasteiger partial charge is 0.317 e. The molecule has 4 nitrogen and oxygen atoms in total. The highest BCUT2D eigenvalue weighted by Gasteiger charge is 2.38. The summed E-state index contributed by atoms with van der Waals surface area (Å²) in [6.45, 7) is 2.14. The maximum Gasteiger partial charge on any atom is 0.192 e. The zero-order valence-corrected chi connectivity index (χ0v) is 12.6. The van der Waals surface area contributed by atoms with Crippen LogP contribution in [-0.4, -0.2) is 31.5 Å². The molecule has 0 spiro atoms. The Bertz CT molecular complexity index is 548. The van der Waals surface area contributed by atoms with Gasteiger partial charge in [-0.1, -0.05) is 0 Å². The average Bonchev–Trinajstić information content (AvgIpc) is 2.74. The zero-order valence-electron chi connectivity index (χ0n) is 11.0. The zero-order chi connectivity index (χ0) is 13.5. The molecule has 0 aromatic carbocycles. The lowest BCUT2D eigenvalue weighted by Crippen LogP contribution is -2.35. The first-order chi connectivity index (χ1) is 9.14. The van der Waals surface area contributed by atoms with Crippen LogP contribution in [0.25, 0.3) is 5.57 Å². The molecule has 0 saturated carbocycles. The van der Waals surface area contributed by atoms with E-state index in [0.717, 1.165) is 41.8 Å². The van der Waals surface area contributed by atoms with Gasteiger partial charge in [0.1, 0.15) is 11.9 Å². The van der Waals surface area contributed by atoms with Crippen LogP contribution < -0.4 is 9.80 Å². The summed E-state index contributed by atoms with van der Waals surface area (Å²) in [4.78, 5) is 4.60. The topological polar surface area (TPSA) is 48.8 Å². The molecule has 100 valence electrons. The Morgan fingerprint density at radius 2 is 2.21 bits per heavy atom. The van der Waals surface area contributed by atoms with Crippen molar-refractivity contribution >= 4 is 33.5 Å². The summed E-state index contributed by atoms with van der Waals surface area (Å²) in [5.41, 5.74) is 3.48. The second-order valence-corrected chi connectivity index (χ2v) is 6.32. The van der Waals surface area contributed by atoms with Gasteiger partial charge in [-0.2, -0.15) is 0 Å².